The van der Waals surface area contributed by atoms with E-state index in [0.717, 1.165) is 10.9 Å². The molecule has 1 amide bonds. The molecule has 0 spiro atoms. The Morgan fingerprint density at radius 1 is 1.50 bits per heavy atom. The minimum Gasteiger partial charge on any atom is -0.451 e. The molecule has 0 aliphatic heterocycles. The number of furan rings is 1. The van der Waals surface area contributed by atoms with E-state index < -0.39 is 0 Å². The number of carbonyl (C=O) groups excluding carboxylic acids is 1. The predicted octanol–water partition coefficient (Wildman–Crippen LogP) is 2.51. The number of aliphatic hydroxyl groups excluding tert-OH is 1. The van der Waals surface area contributed by atoms with Gasteiger partial charge in [0.1, 0.15) is 5.58 Å². The maximum atomic E-state index is 11.9. The molecule has 0 aliphatic rings. The number of nitrogens with one attached hydrogen (secondary N) is 1. The Kier molecular flexibility index (Phi) is 3.89. The standard InChI is InChI=1S/C13H14ClNO3/c1-8-10-7-9(14)3-4-11(10)18-12(8)13(17)15-5-2-6-16/h3-4,7,16H,2,5-6H2,1H3,(H,15,17). The summed E-state index contributed by atoms with van der Waals surface area (Å²) in [4.78, 5) is 11.9. The van der Waals surface area contributed by atoms with Crippen molar-refractivity contribution < 1.29 is 14.3 Å². The summed E-state index contributed by atoms with van der Waals surface area (Å²) in [5.41, 5.74) is 1.42. The van der Waals surface area contributed by atoms with Crippen LogP contribution in [0.4, 0.5) is 0 Å². The van der Waals surface area contributed by atoms with E-state index in [1.54, 1.807) is 18.2 Å². The minimum atomic E-state index is -0.270. The highest BCUT2D eigenvalue weighted by atomic mass is 35.5. The maximum Gasteiger partial charge on any atom is 0.287 e. The zero-order valence-corrected chi connectivity index (χ0v) is 10.8. The van der Waals surface area contributed by atoms with Crippen molar-refractivity contribution >= 4 is 28.5 Å². The van der Waals surface area contributed by atoms with Gasteiger partial charge in [-0.15, -0.1) is 0 Å². The molecule has 0 fully saturated rings. The third-order valence-electron chi connectivity index (χ3n) is 2.72. The van der Waals surface area contributed by atoms with Crippen molar-refractivity contribution in [1.82, 2.24) is 5.32 Å². The summed E-state index contributed by atoms with van der Waals surface area (Å²) < 4.78 is 5.51. The first kappa shape index (κ1) is 12.9. The molecule has 0 saturated carbocycles. The van der Waals surface area contributed by atoms with E-state index in [9.17, 15) is 4.79 Å². The van der Waals surface area contributed by atoms with Gasteiger partial charge in [-0.05, 0) is 31.5 Å². The fourth-order valence-corrected chi connectivity index (χ4v) is 1.94. The Morgan fingerprint density at radius 2 is 2.28 bits per heavy atom. The number of amides is 1. The van der Waals surface area contributed by atoms with Crippen LogP contribution >= 0.6 is 11.6 Å². The molecule has 0 bridgehead atoms. The normalized spacial score (nSPS) is 10.8. The summed E-state index contributed by atoms with van der Waals surface area (Å²) in [7, 11) is 0. The lowest BCUT2D eigenvalue weighted by molar-refractivity contribution is 0.0925. The van der Waals surface area contributed by atoms with Crippen LogP contribution in [0.3, 0.4) is 0 Å². The van der Waals surface area contributed by atoms with Crippen LogP contribution in [-0.4, -0.2) is 24.2 Å². The quantitative estimate of drug-likeness (QED) is 0.837. The summed E-state index contributed by atoms with van der Waals surface area (Å²) in [6.45, 7) is 2.30. The van der Waals surface area contributed by atoms with Crippen LogP contribution in [0.2, 0.25) is 5.02 Å². The van der Waals surface area contributed by atoms with Crippen LogP contribution in [0, 0.1) is 6.92 Å². The van der Waals surface area contributed by atoms with E-state index >= 15 is 0 Å². The second kappa shape index (κ2) is 5.42. The Bertz CT molecular complexity index is 577. The van der Waals surface area contributed by atoms with E-state index in [1.165, 1.54) is 0 Å². The molecule has 0 radical (unpaired) electrons. The highest BCUT2D eigenvalue weighted by Gasteiger charge is 2.17. The fourth-order valence-electron chi connectivity index (χ4n) is 1.77. The first-order valence-electron chi connectivity index (χ1n) is 5.71. The van der Waals surface area contributed by atoms with Crippen molar-refractivity contribution in [3.05, 3.63) is 34.5 Å². The molecule has 18 heavy (non-hydrogen) atoms. The second-order valence-electron chi connectivity index (χ2n) is 4.03. The average Bonchev–Trinajstić information content (AvgIpc) is 2.67. The minimum absolute atomic E-state index is 0.0506. The molecule has 4 nitrogen and oxygen atoms in total. The van der Waals surface area contributed by atoms with Crippen molar-refractivity contribution in [2.75, 3.05) is 13.2 Å². The smallest absolute Gasteiger partial charge is 0.287 e. The van der Waals surface area contributed by atoms with Gasteiger partial charge in [0, 0.05) is 29.1 Å². The van der Waals surface area contributed by atoms with Crippen molar-refractivity contribution in [3.8, 4) is 0 Å². The van der Waals surface area contributed by atoms with E-state index in [0.29, 0.717) is 29.3 Å². The van der Waals surface area contributed by atoms with Gasteiger partial charge in [-0.25, -0.2) is 0 Å². The number of carbonyl (C=O) groups is 1. The molecule has 0 atom stereocenters. The van der Waals surface area contributed by atoms with Crippen molar-refractivity contribution in [2.45, 2.75) is 13.3 Å². The molecule has 1 aromatic heterocycles. The number of aliphatic hydroxyl groups is 1. The molecule has 0 unspecified atom stereocenters. The first-order valence-corrected chi connectivity index (χ1v) is 6.09. The van der Waals surface area contributed by atoms with Crippen LogP contribution in [0.5, 0.6) is 0 Å². The molecule has 2 N–H and O–H groups in total. The lowest BCUT2D eigenvalue weighted by Crippen LogP contribution is -2.25. The van der Waals surface area contributed by atoms with Crippen LogP contribution in [-0.2, 0) is 0 Å². The van der Waals surface area contributed by atoms with E-state index in [4.69, 9.17) is 21.1 Å². The molecule has 0 saturated heterocycles. The zero-order chi connectivity index (χ0) is 13.1. The molecule has 2 rings (SSSR count). The number of benzene rings is 1. The molecule has 2 aromatic rings. The van der Waals surface area contributed by atoms with Gasteiger partial charge in [-0.3, -0.25) is 4.79 Å². The highest BCUT2D eigenvalue weighted by Crippen LogP contribution is 2.27. The monoisotopic (exact) mass is 267 g/mol. The third kappa shape index (κ3) is 2.49. The summed E-state index contributed by atoms with van der Waals surface area (Å²) in [5, 5.41) is 12.8. The fraction of sp³-hybridized carbons (Fsp3) is 0.308. The number of aryl methyl sites for hydroxylation is 1. The predicted molar refractivity (Wildman–Crippen MR) is 70.0 cm³/mol. The number of halogens is 1. The Labute approximate surface area is 110 Å². The van der Waals surface area contributed by atoms with Gasteiger partial charge in [0.25, 0.3) is 5.91 Å². The van der Waals surface area contributed by atoms with Crippen molar-refractivity contribution in [2.24, 2.45) is 0 Å². The Hall–Kier alpha value is -1.52. The molecule has 5 heteroatoms. The van der Waals surface area contributed by atoms with Crippen LogP contribution in [0.25, 0.3) is 11.0 Å². The Morgan fingerprint density at radius 3 is 3.00 bits per heavy atom. The number of fused-ring (bicyclic) bond motifs is 1. The largest absolute Gasteiger partial charge is 0.451 e. The van der Waals surface area contributed by atoms with Gasteiger partial charge in [0.15, 0.2) is 5.76 Å². The van der Waals surface area contributed by atoms with Crippen LogP contribution < -0.4 is 5.32 Å². The number of rotatable bonds is 4. The lowest BCUT2D eigenvalue weighted by atomic mass is 10.1. The summed E-state index contributed by atoms with van der Waals surface area (Å²) >= 11 is 5.91. The number of hydrogen-bond donors (Lipinski definition) is 2. The van der Waals surface area contributed by atoms with Crippen LogP contribution in [0.1, 0.15) is 22.5 Å². The molecule has 0 aliphatic carbocycles. The second-order valence-corrected chi connectivity index (χ2v) is 4.47. The van der Waals surface area contributed by atoms with Gasteiger partial charge in [-0.2, -0.15) is 0 Å². The van der Waals surface area contributed by atoms with Gasteiger partial charge < -0.3 is 14.8 Å². The number of hydrogen-bond acceptors (Lipinski definition) is 3. The maximum absolute atomic E-state index is 11.9. The zero-order valence-electron chi connectivity index (χ0n) is 10.00. The molecular weight excluding hydrogens is 254 g/mol. The Balaban J connectivity index is 2.28. The molecule has 1 heterocycles. The highest BCUT2D eigenvalue weighted by molar-refractivity contribution is 6.31. The van der Waals surface area contributed by atoms with Crippen molar-refractivity contribution in [3.63, 3.8) is 0 Å². The van der Waals surface area contributed by atoms with Crippen LogP contribution in [0.15, 0.2) is 22.6 Å². The molecule has 96 valence electrons. The van der Waals surface area contributed by atoms with Gasteiger partial charge in [0.05, 0.1) is 0 Å². The first-order chi connectivity index (χ1) is 8.63. The topological polar surface area (TPSA) is 62.5 Å². The van der Waals surface area contributed by atoms with Crippen molar-refractivity contribution in [1.29, 1.82) is 0 Å². The summed E-state index contributed by atoms with van der Waals surface area (Å²) in [6, 6.07) is 5.25. The summed E-state index contributed by atoms with van der Waals surface area (Å²) in [6.07, 6.45) is 0.525. The molecule has 1 aromatic carbocycles. The molecular formula is C13H14ClNO3. The van der Waals surface area contributed by atoms with Gasteiger partial charge in [-0.1, -0.05) is 11.6 Å². The van der Waals surface area contributed by atoms with E-state index in [-0.39, 0.29) is 12.5 Å². The summed E-state index contributed by atoms with van der Waals surface area (Å²) in [5.74, 6) is 0.0264. The average molecular weight is 268 g/mol. The van der Waals surface area contributed by atoms with E-state index in [1.807, 2.05) is 6.92 Å². The SMILES string of the molecule is Cc1c(C(=O)NCCCO)oc2ccc(Cl)cc12. The van der Waals surface area contributed by atoms with Gasteiger partial charge >= 0.3 is 0 Å². The third-order valence-corrected chi connectivity index (χ3v) is 2.96. The van der Waals surface area contributed by atoms with E-state index in [2.05, 4.69) is 5.32 Å². The van der Waals surface area contributed by atoms with Gasteiger partial charge in [0.2, 0.25) is 0 Å². The lowest BCUT2D eigenvalue weighted by Gasteiger charge is -2.01.